The van der Waals surface area contributed by atoms with Gasteiger partial charge in [0.1, 0.15) is 5.75 Å². The maximum absolute atomic E-state index is 12.0. The van der Waals surface area contributed by atoms with Crippen LogP contribution < -0.4 is 10.1 Å². The summed E-state index contributed by atoms with van der Waals surface area (Å²) in [6.45, 7) is 5.58. The summed E-state index contributed by atoms with van der Waals surface area (Å²) in [5, 5.41) is 2.87. The van der Waals surface area contributed by atoms with Gasteiger partial charge in [-0.25, -0.2) is 0 Å². The highest BCUT2D eigenvalue weighted by molar-refractivity contribution is 5.78. The molecule has 0 spiro atoms. The Morgan fingerprint density at radius 2 is 2.14 bits per heavy atom. The number of rotatable bonds is 6. The van der Waals surface area contributed by atoms with Gasteiger partial charge in [0.25, 0.3) is 0 Å². The lowest BCUT2D eigenvalue weighted by atomic mass is 10.0. The number of carbonyl (C=O) groups is 1. The van der Waals surface area contributed by atoms with E-state index in [4.69, 9.17) is 4.74 Å². The molecule has 0 aliphatic carbocycles. The first kappa shape index (κ1) is 16.6. The molecule has 0 aromatic heterocycles. The smallest absolute Gasteiger partial charge is 0.234 e. The maximum Gasteiger partial charge on any atom is 0.234 e. The minimum absolute atomic E-state index is 0.0697. The van der Waals surface area contributed by atoms with Gasteiger partial charge >= 0.3 is 0 Å². The topological polar surface area (TPSA) is 41.6 Å². The van der Waals surface area contributed by atoms with Gasteiger partial charge < -0.3 is 10.1 Å². The van der Waals surface area contributed by atoms with Crippen LogP contribution in [-0.4, -0.2) is 37.6 Å². The second-order valence-corrected chi connectivity index (χ2v) is 5.70. The lowest BCUT2D eigenvalue weighted by Crippen LogP contribution is -2.39. The molecule has 1 fully saturated rings. The summed E-state index contributed by atoms with van der Waals surface area (Å²) in [7, 11) is 1.68. The van der Waals surface area contributed by atoms with E-state index in [0.29, 0.717) is 19.1 Å². The molecule has 22 heavy (non-hydrogen) atoms. The third kappa shape index (κ3) is 4.60. The third-order valence-corrected chi connectivity index (χ3v) is 4.15. The van der Waals surface area contributed by atoms with Crippen LogP contribution in [0.3, 0.4) is 0 Å². The molecule has 2 rings (SSSR count). The second-order valence-electron chi connectivity index (χ2n) is 5.70. The van der Waals surface area contributed by atoms with Crippen molar-refractivity contribution in [3.63, 3.8) is 0 Å². The summed E-state index contributed by atoms with van der Waals surface area (Å²) in [5.41, 5.74) is 1.26. The number of hydrogen-bond donors (Lipinski definition) is 1. The molecule has 0 radical (unpaired) electrons. The van der Waals surface area contributed by atoms with E-state index in [1.54, 1.807) is 13.2 Å². The van der Waals surface area contributed by atoms with Crippen molar-refractivity contribution in [3.8, 4) is 5.75 Å². The number of methoxy groups -OCH3 is 1. The highest BCUT2D eigenvalue weighted by Crippen LogP contribution is 2.30. The molecule has 1 N–H and O–H groups in total. The summed E-state index contributed by atoms with van der Waals surface area (Å²) >= 11 is 0. The van der Waals surface area contributed by atoms with Crippen molar-refractivity contribution in [1.29, 1.82) is 0 Å². The van der Waals surface area contributed by atoms with Crippen molar-refractivity contribution >= 4 is 5.91 Å². The van der Waals surface area contributed by atoms with Gasteiger partial charge in [-0.05, 0) is 37.1 Å². The predicted octanol–water partition coefficient (Wildman–Crippen LogP) is 2.91. The van der Waals surface area contributed by atoms with Gasteiger partial charge in [0.2, 0.25) is 5.91 Å². The Morgan fingerprint density at radius 3 is 2.82 bits per heavy atom. The van der Waals surface area contributed by atoms with E-state index >= 15 is 0 Å². The third-order valence-electron chi connectivity index (χ3n) is 4.15. The van der Waals surface area contributed by atoms with Crippen molar-refractivity contribution in [3.05, 3.63) is 42.5 Å². The van der Waals surface area contributed by atoms with Gasteiger partial charge in [-0.3, -0.25) is 9.69 Å². The van der Waals surface area contributed by atoms with Crippen molar-refractivity contribution in [1.82, 2.24) is 10.2 Å². The van der Waals surface area contributed by atoms with Crippen molar-refractivity contribution < 1.29 is 9.53 Å². The first-order chi connectivity index (χ1) is 10.7. The van der Waals surface area contributed by atoms with Crippen LogP contribution in [0.5, 0.6) is 5.75 Å². The molecule has 0 bridgehead atoms. The molecule has 1 saturated heterocycles. The molecule has 1 amide bonds. The average molecular weight is 302 g/mol. The molecule has 1 aliphatic rings. The van der Waals surface area contributed by atoms with Gasteiger partial charge in [-0.15, -0.1) is 6.58 Å². The molecule has 1 unspecified atom stereocenters. The summed E-state index contributed by atoms with van der Waals surface area (Å²) in [5.74, 6) is 0.938. The van der Waals surface area contributed by atoms with Crippen molar-refractivity contribution in [2.75, 3.05) is 26.7 Å². The average Bonchev–Trinajstić information content (AvgIpc) is 2.78. The maximum atomic E-state index is 12.0. The Balaban J connectivity index is 2.08. The first-order valence-electron chi connectivity index (χ1n) is 8.00. The minimum Gasteiger partial charge on any atom is -0.497 e. The zero-order chi connectivity index (χ0) is 15.8. The molecule has 1 atom stereocenters. The van der Waals surface area contributed by atoms with E-state index in [9.17, 15) is 4.79 Å². The molecule has 0 saturated carbocycles. The molecule has 4 heteroatoms. The Morgan fingerprint density at radius 1 is 1.36 bits per heavy atom. The van der Waals surface area contributed by atoms with E-state index in [-0.39, 0.29) is 5.91 Å². The Bertz CT molecular complexity index is 484. The zero-order valence-corrected chi connectivity index (χ0v) is 13.4. The zero-order valence-electron chi connectivity index (χ0n) is 13.4. The Labute approximate surface area is 133 Å². The van der Waals surface area contributed by atoms with E-state index in [1.807, 2.05) is 12.1 Å². The SMILES string of the molecule is C=CCNC(=O)CN1CCCCCC1c1ccc(OC)cc1. The first-order valence-corrected chi connectivity index (χ1v) is 8.00. The molecule has 120 valence electrons. The molecule has 1 aromatic carbocycles. The summed E-state index contributed by atoms with van der Waals surface area (Å²) in [6, 6.07) is 8.53. The lowest BCUT2D eigenvalue weighted by Gasteiger charge is -2.29. The monoisotopic (exact) mass is 302 g/mol. The van der Waals surface area contributed by atoms with Gasteiger partial charge in [0, 0.05) is 12.6 Å². The van der Waals surface area contributed by atoms with Gasteiger partial charge in [0.15, 0.2) is 0 Å². The Hall–Kier alpha value is -1.81. The highest BCUT2D eigenvalue weighted by Gasteiger charge is 2.24. The number of carbonyl (C=O) groups excluding carboxylic acids is 1. The summed E-state index contributed by atoms with van der Waals surface area (Å²) < 4.78 is 5.23. The van der Waals surface area contributed by atoms with Crippen molar-refractivity contribution in [2.24, 2.45) is 0 Å². The van der Waals surface area contributed by atoms with Crippen LogP contribution in [0.2, 0.25) is 0 Å². The largest absolute Gasteiger partial charge is 0.497 e. The predicted molar refractivity (Wildman–Crippen MR) is 89.0 cm³/mol. The number of amides is 1. The number of ether oxygens (including phenoxy) is 1. The van der Waals surface area contributed by atoms with Crippen LogP contribution in [0.1, 0.15) is 37.3 Å². The van der Waals surface area contributed by atoms with Crippen LogP contribution in [0.25, 0.3) is 0 Å². The van der Waals surface area contributed by atoms with Crippen molar-refractivity contribution in [2.45, 2.75) is 31.7 Å². The fourth-order valence-electron chi connectivity index (χ4n) is 2.99. The van der Waals surface area contributed by atoms with Gasteiger partial charge in [-0.1, -0.05) is 31.1 Å². The van der Waals surface area contributed by atoms with Crippen LogP contribution in [0.15, 0.2) is 36.9 Å². The van der Waals surface area contributed by atoms with E-state index in [0.717, 1.165) is 25.1 Å². The molecule has 4 nitrogen and oxygen atoms in total. The number of likely N-dealkylation sites (tertiary alicyclic amines) is 1. The van der Waals surface area contributed by atoms with Crippen LogP contribution in [-0.2, 0) is 4.79 Å². The molecular formula is C18H26N2O2. The molecular weight excluding hydrogens is 276 g/mol. The molecule has 1 heterocycles. The van der Waals surface area contributed by atoms with Crippen LogP contribution in [0.4, 0.5) is 0 Å². The molecule has 1 aliphatic heterocycles. The molecule has 1 aromatic rings. The van der Waals surface area contributed by atoms with Crippen LogP contribution in [0, 0.1) is 0 Å². The summed E-state index contributed by atoms with van der Waals surface area (Å²) in [4.78, 5) is 14.3. The van der Waals surface area contributed by atoms with E-state index in [1.165, 1.54) is 18.4 Å². The minimum atomic E-state index is 0.0697. The second kappa shape index (κ2) is 8.59. The standard InChI is InChI=1S/C18H26N2O2/c1-3-12-19-18(21)14-20-13-6-4-5-7-17(20)15-8-10-16(22-2)11-9-15/h3,8-11,17H,1,4-7,12-14H2,2H3,(H,19,21). The quantitative estimate of drug-likeness (QED) is 0.822. The number of nitrogens with one attached hydrogen (secondary N) is 1. The fourth-order valence-corrected chi connectivity index (χ4v) is 2.99. The van der Waals surface area contributed by atoms with Crippen LogP contribution >= 0.6 is 0 Å². The van der Waals surface area contributed by atoms with E-state index in [2.05, 4.69) is 28.9 Å². The number of hydrogen-bond acceptors (Lipinski definition) is 3. The van der Waals surface area contributed by atoms with Gasteiger partial charge in [-0.2, -0.15) is 0 Å². The van der Waals surface area contributed by atoms with E-state index < -0.39 is 0 Å². The van der Waals surface area contributed by atoms with Gasteiger partial charge in [0.05, 0.1) is 13.7 Å². The number of benzene rings is 1. The summed E-state index contributed by atoms with van der Waals surface area (Å²) in [6.07, 6.45) is 6.41. The Kier molecular flexibility index (Phi) is 6.46. The normalized spacial score (nSPS) is 19.2. The fraction of sp³-hybridized carbons (Fsp3) is 0.500. The lowest BCUT2D eigenvalue weighted by molar-refractivity contribution is -0.122. The number of nitrogens with zero attached hydrogens (tertiary/aromatic N) is 1. The highest BCUT2D eigenvalue weighted by atomic mass is 16.5.